The molecule has 20 heavy (non-hydrogen) atoms. The third kappa shape index (κ3) is 3.11. The molecule has 0 amide bonds. The highest BCUT2D eigenvalue weighted by Crippen LogP contribution is 2.25. The van der Waals surface area contributed by atoms with Crippen molar-refractivity contribution < 1.29 is 14.3 Å². The van der Waals surface area contributed by atoms with E-state index in [1.54, 1.807) is 44.6 Å². The molecule has 0 radical (unpaired) electrons. The van der Waals surface area contributed by atoms with Crippen LogP contribution in [0.2, 0.25) is 5.02 Å². The van der Waals surface area contributed by atoms with Crippen LogP contribution in [0.15, 0.2) is 36.4 Å². The number of aryl methyl sites for hydroxylation is 1. The van der Waals surface area contributed by atoms with E-state index in [0.717, 1.165) is 5.56 Å². The lowest BCUT2D eigenvalue weighted by Gasteiger charge is -2.08. The molecule has 0 spiro atoms. The quantitative estimate of drug-likeness (QED) is 0.801. The summed E-state index contributed by atoms with van der Waals surface area (Å²) in [6.07, 6.45) is 0. The van der Waals surface area contributed by atoms with Crippen molar-refractivity contribution in [3.63, 3.8) is 0 Å². The Morgan fingerprint density at radius 3 is 1.95 bits per heavy atom. The van der Waals surface area contributed by atoms with Crippen LogP contribution >= 0.6 is 11.6 Å². The van der Waals surface area contributed by atoms with Crippen LogP contribution in [0, 0.1) is 6.92 Å². The molecule has 0 fully saturated rings. The molecule has 3 nitrogen and oxygen atoms in total. The molecule has 2 rings (SSSR count). The second-order valence-corrected chi connectivity index (χ2v) is 4.88. The van der Waals surface area contributed by atoms with Gasteiger partial charge in [-0.3, -0.25) is 4.79 Å². The standard InChI is InChI=1S/C16H15ClO3/c1-10-4-11(6-13(17)5-10)16(18)12-7-14(19-2)9-15(8-12)20-3/h4-9H,1-3H3. The first kappa shape index (κ1) is 14.4. The van der Waals surface area contributed by atoms with Crippen molar-refractivity contribution in [2.45, 2.75) is 6.92 Å². The molecule has 104 valence electrons. The molecule has 2 aromatic rings. The largest absolute Gasteiger partial charge is 0.497 e. The van der Waals surface area contributed by atoms with Gasteiger partial charge in [0.25, 0.3) is 0 Å². The zero-order valence-electron chi connectivity index (χ0n) is 11.6. The van der Waals surface area contributed by atoms with Crippen molar-refractivity contribution in [1.29, 1.82) is 0 Å². The second-order valence-electron chi connectivity index (χ2n) is 4.45. The van der Waals surface area contributed by atoms with Gasteiger partial charge in [-0.15, -0.1) is 0 Å². The predicted molar refractivity (Wildman–Crippen MR) is 79.2 cm³/mol. The number of ketones is 1. The SMILES string of the molecule is COc1cc(OC)cc(C(=O)c2cc(C)cc(Cl)c2)c1. The summed E-state index contributed by atoms with van der Waals surface area (Å²) in [4.78, 5) is 12.5. The number of hydrogen-bond donors (Lipinski definition) is 0. The molecule has 0 aliphatic carbocycles. The number of halogens is 1. The summed E-state index contributed by atoms with van der Waals surface area (Å²) in [6, 6.07) is 10.4. The van der Waals surface area contributed by atoms with Crippen LogP contribution in [0.25, 0.3) is 0 Å². The van der Waals surface area contributed by atoms with Gasteiger partial charge in [0.15, 0.2) is 5.78 Å². The first-order valence-electron chi connectivity index (χ1n) is 6.08. The number of benzene rings is 2. The van der Waals surface area contributed by atoms with Crippen LogP contribution < -0.4 is 9.47 Å². The lowest BCUT2D eigenvalue weighted by Crippen LogP contribution is -2.03. The van der Waals surface area contributed by atoms with Crippen molar-refractivity contribution >= 4 is 17.4 Å². The number of rotatable bonds is 4. The van der Waals surface area contributed by atoms with Gasteiger partial charge in [0.2, 0.25) is 0 Å². The molecule has 0 aromatic heterocycles. The minimum Gasteiger partial charge on any atom is -0.497 e. The molecular formula is C16H15ClO3. The third-order valence-electron chi connectivity index (χ3n) is 2.92. The fourth-order valence-corrected chi connectivity index (χ4v) is 2.26. The molecule has 0 N–H and O–H groups in total. The molecule has 0 atom stereocenters. The van der Waals surface area contributed by atoms with Gasteiger partial charge in [0.05, 0.1) is 14.2 Å². The first-order valence-corrected chi connectivity index (χ1v) is 6.46. The average Bonchev–Trinajstić information content (AvgIpc) is 2.44. The van der Waals surface area contributed by atoms with Gasteiger partial charge >= 0.3 is 0 Å². The Morgan fingerprint density at radius 1 is 0.900 bits per heavy atom. The highest BCUT2D eigenvalue weighted by atomic mass is 35.5. The van der Waals surface area contributed by atoms with Gasteiger partial charge in [0, 0.05) is 22.2 Å². The second kappa shape index (κ2) is 5.97. The van der Waals surface area contributed by atoms with E-state index >= 15 is 0 Å². The van der Waals surface area contributed by atoms with Gasteiger partial charge in [-0.1, -0.05) is 11.6 Å². The van der Waals surface area contributed by atoms with Gasteiger partial charge in [-0.25, -0.2) is 0 Å². The molecule has 0 aliphatic heterocycles. The summed E-state index contributed by atoms with van der Waals surface area (Å²) >= 11 is 6.00. The summed E-state index contributed by atoms with van der Waals surface area (Å²) in [7, 11) is 3.10. The van der Waals surface area contributed by atoms with E-state index in [1.165, 1.54) is 0 Å². The van der Waals surface area contributed by atoms with Crippen molar-refractivity contribution in [2.24, 2.45) is 0 Å². The fourth-order valence-electron chi connectivity index (χ4n) is 1.97. The normalized spacial score (nSPS) is 10.2. The Hall–Kier alpha value is -2.00. The maximum absolute atomic E-state index is 12.5. The summed E-state index contributed by atoms with van der Waals surface area (Å²) in [6.45, 7) is 1.90. The average molecular weight is 291 g/mol. The molecule has 0 saturated carbocycles. The van der Waals surface area contributed by atoms with Crippen molar-refractivity contribution in [2.75, 3.05) is 14.2 Å². The smallest absolute Gasteiger partial charge is 0.193 e. The van der Waals surface area contributed by atoms with Crippen molar-refractivity contribution in [3.8, 4) is 11.5 Å². The van der Waals surface area contributed by atoms with E-state index in [0.29, 0.717) is 27.6 Å². The maximum atomic E-state index is 12.5. The topological polar surface area (TPSA) is 35.5 Å². The lowest BCUT2D eigenvalue weighted by atomic mass is 10.0. The van der Waals surface area contributed by atoms with Gasteiger partial charge in [-0.2, -0.15) is 0 Å². The molecule has 2 aromatic carbocycles. The predicted octanol–water partition coefficient (Wildman–Crippen LogP) is 3.90. The minimum atomic E-state index is -0.118. The van der Waals surface area contributed by atoms with Crippen LogP contribution in [-0.2, 0) is 0 Å². The monoisotopic (exact) mass is 290 g/mol. The molecular weight excluding hydrogens is 276 g/mol. The molecule has 0 saturated heterocycles. The molecule has 0 bridgehead atoms. The number of carbonyl (C=O) groups is 1. The van der Waals surface area contributed by atoms with Gasteiger partial charge < -0.3 is 9.47 Å². The Morgan fingerprint density at radius 2 is 1.45 bits per heavy atom. The number of hydrogen-bond acceptors (Lipinski definition) is 3. The molecule has 0 unspecified atom stereocenters. The van der Waals surface area contributed by atoms with Gasteiger partial charge in [0.1, 0.15) is 11.5 Å². The highest BCUT2D eigenvalue weighted by molar-refractivity contribution is 6.31. The van der Waals surface area contributed by atoms with Crippen LogP contribution in [0.1, 0.15) is 21.5 Å². The highest BCUT2D eigenvalue weighted by Gasteiger charge is 2.13. The van der Waals surface area contributed by atoms with Crippen molar-refractivity contribution in [3.05, 3.63) is 58.1 Å². The lowest BCUT2D eigenvalue weighted by molar-refractivity contribution is 0.103. The van der Waals surface area contributed by atoms with E-state index in [9.17, 15) is 4.79 Å². The Kier molecular flexibility index (Phi) is 4.30. The van der Waals surface area contributed by atoms with E-state index in [4.69, 9.17) is 21.1 Å². The van der Waals surface area contributed by atoms with E-state index in [-0.39, 0.29) is 5.78 Å². The summed E-state index contributed by atoms with van der Waals surface area (Å²) in [5.74, 6) is 1.03. The Labute approximate surface area is 123 Å². The van der Waals surface area contributed by atoms with Crippen LogP contribution in [-0.4, -0.2) is 20.0 Å². The summed E-state index contributed by atoms with van der Waals surface area (Å²) in [5, 5.41) is 0.545. The summed E-state index contributed by atoms with van der Waals surface area (Å²) in [5.41, 5.74) is 1.99. The molecule has 4 heteroatoms. The Balaban J connectivity index is 2.47. The van der Waals surface area contributed by atoms with Crippen LogP contribution in [0.3, 0.4) is 0 Å². The zero-order valence-corrected chi connectivity index (χ0v) is 12.3. The third-order valence-corrected chi connectivity index (χ3v) is 3.14. The van der Waals surface area contributed by atoms with Crippen LogP contribution in [0.5, 0.6) is 11.5 Å². The first-order chi connectivity index (χ1) is 9.53. The molecule has 0 heterocycles. The van der Waals surface area contributed by atoms with E-state index in [1.807, 2.05) is 13.0 Å². The zero-order chi connectivity index (χ0) is 14.7. The summed E-state index contributed by atoms with van der Waals surface area (Å²) < 4.78 is 10.3. The molecule has 0 aliphatic rings. The number of carbonyl (C=O) groups excluding carboxylic acids is 1. The maximum Gasteiger partial charge on any atom is 0.193 e. The van der Waals surface area contributed by atoms with Gasteiger partial charge in [-0.05, 0) is 42.8 Å². The number of methoxy groups -OCH3 is 2. The Bertz CT molecular complexity index is 608. The van der Waals surface area contributed by atoms with Crippen LogP contribution in [0.4, 0.5) is 0 Å². The fraction of sp³-hybridized carbons (Fsp3) is 0.188. The number of ether oxygens (including phenoxy) is 2. The minimum absolute atomic E-state index is 0.118. The van der Waals surface area contributed by atoms with E-state index in [2.05, 4.69) is 0 Å². The van der Waals surface area contributed by atoms with E-state index < -0.39 is 0 Å². The van der Waals surface area contributed by atoms with Crippen molar-refractivity contribution in [1.82, 2.24) is 0 Å².